The van der Waals surface area contributed by atoms with Crippen LogP contribution in [0.5, 0.6) is 0 Å². The molecule has 0 aromatic heterocycles. The van der Waals surface area contributed by atoms with Crippen molar-refractivity contribution in [1.29, 1.82) is 0 Å². The van der Waals surface area contributed by atoms with E-state index in [0.717, 1.165) is 22.3 Å². The number of hydrogen-bond acceptors (Lipinski definition) is 6. The van der Waals surface area contributed by atoms with Gasteiger partial charge in [0.1, 0.15) is 12.1 Å². The van der Waals surface area contributed by atoms with E-state index < -0.39 is 54.3 Å². The zero-order chi connectivity index (χ0) is 30.5. The van der Waals surface area contributed by atoms with Gasteiger partial charge in [0, 0.05) is 6.42 Å². The third-order valence-electron chi connectivity index (χ3n) is 6.53. The second-order valence-electron chi connectivity index (χ2n) is 10.5. The van der Waals surface area contributed by atoms with Crippen LogP contribution in [0.3, 0.4) is 0 Å². The van der Waals surface area contributed by atoms with Gasteiger partial charge in [-0.15, -0.1) is 0 Å². The van der Waals surface area contributed by atoms with E-state index in [4.69, 9.17) is 5.73 Å². The molecule has 0 saturated carbocycles. The minimum Gasteiger partial charge on any atom is -0.480 e. The molecule has 0 spiro atoms. The number of rotatable bonds is 15. The Morgan fingerprint density at radius 2 is 1.37 bits per heavy atom. The van der Waals surface area contributed by atoms with Crippen molar-refractivity contribution >= 4 is 29.6 Å². The summed E-state index contributed by atoms with van der Waals surface area (Å²) >= 11 is 0. The van der Waals surface area contributed by atoms with Gasteiger partial charge in [-0.25, -0.2) is 4.79 Å². The first-order valence-electron chi connectivity index (χ1n) is 13.6. The molecule has 0 saturated heterocycles. The molecule has 2 aromatic rings. The van der Waals surface area contributed by atoms with E-state index in [-0.39, 0.29) is 25.3 Å². The number of carboxylic acid groups (broad SMARTS) is 1. The summed E-state index contributed by atoms with van der Waals surface area (Å²) in [4.78, 5) is 62.0. The maximum Gasteiger partial charge on any atom is 0.326 e. The minimum absolute atomic E-state index is 0.0235. The van der Waals surface area contributed by atoms with E-state index in [0.29, 0.717) is 6.42 Å². The minimum atomic E-state index is -1.17. The number of benzene rings is 2. The van der Waals surface area contributed by atoms with Gasteiger partial charge in [0.25, 0.3) is 0 Å². The van der Waals surface area contributed by atoms with Crippen molar-refractivity contribution in [3.8, 4) is 0 Å². The number of carbonyl (C=O) groups excluding carboxylic acids is 4. The van der Waals surface area contributed by atoms with Crippen LogP contribution in [0.2, 0.25) is 0 Å². The van der Waals surface area contributed by atoms with Crippen molar-refractivity contribution in [2.45, 2.75) is 65.1 Å². The lowest BCUT2D eigenvalue weighted by molar-refractivity contribution is -0.142. The normalized spacial score (nSPS) is 13.0. The first-order chi connectivity index (χ1) is 19.4. The highest BCUT2D eigenvalue weighted by atomic mass is 16.4. The van der Waals surface area contributed by atoms with Gasteiger partial charge < -0.3 is 32.1 Å². The first-order valence-corrected chi connectivity index (χ1v) is 13.6. The van der Waals surface area contributed by atoms with Gasteiger partial charge in [-0.3, -0.25) is 19.2 Å². The van der Waals surface area contributed by atoms with Crippen LogP contribution in [0.25, 0.3) is 0 Å². The molecule has 0 fully saturated rings. The van der Waals surface area contributed by atoms with Gasteiger partial charge in [0.2, 0.25) is 23.6 Å². The molecule has 0 unspecified atom stereocenters. The van der Waals surface area contributed by atoms with Crippen LogP contribution in [-0.4, -0.2) is 65.9 Å². The Labute approximate surface area is 240 Å². The SMILES string of the molecule is Cc1cccc(C)c1C[C@H](N)C(=O)NCC(=O)NCC(=O)N[C@@H](Cc1ccccc1)C(=O)N[C@@H](CC(C)C)C(=O)O. The number of nitrogens with one attached hydrogen (secondary N) is 4. The molecule has 0 radical (unpaired) electrons. The Morgan fingerprint density at radius 1 is 0.756 bits per heavy atom. The van der Waals surface area contributed by atoms with Crippen LogP contribution in [0, 0.1) is 19.8 Å². The van der Waals surface area contributed by atoms with Gasteiger partial charge in [-0.05, 0) is 54.9 Å². The number of nitrogens with two attached hydrogens (primary N) is 1. The summed E-state index contributed by atoms with van der Waals surface area (Å²) < 4.78 is 0. The summed E-state index contributed by atoms with van der Waals surface area (Å²) in [7, 11) is 0. The molecule has 0 bridgehead atoms. The topological polar surface area (TPSA) is 180 Å². The van der Waals surface area contributed by atoms with E-state index in [1.54, 1.807) is 24.3 Å². The summed E-state index contributed by atoms with van der Waals surface area (Å²) in [6, 6.07) is 11.7. The molecule has 41 heavy (non-hydrogen) atoms. The van der Waals surface area contributed by atoms with E-state index in [2.05, 4.69) is 21.3 Å². The van der Waals surface area contributed by atoms with Crippen LogP contribution in [-0.2, 0) is 36.8 Å². The Kier molecular flexibility index (Phi) is 13.0. The summed E-state index contributed by atoms with van der Waals surface area (Å²) in [5.41, 5.74) is 9.82. The average Bonchev–Trinajstić information content (AvgIpc) is 2.92. The average molecular weight is 568 g/mol. The third-order valence-corrected chi connectivity index (χ3v) is 6.53. The lowest BCUT2D eigenvalue weighted by Gasteiger charge is -2.22. The standard InChI is InChI=1S/C30H41N5O6/c1-18(2)13-25(30(40)41)35-29(39)24(14-21-11-6-5-7-12-21)34-27(37)17-32-26(36)16-33-28(38)23(31)15-22-19(3)9-8-10-20(22)4/h5-12,18,23-25H,13-17,31H2,1-4H3,(H,32,36)(H,33,38)(H,34,37)(H,35,39)(H,40,41)/t23-,24-,25-/m0/s1. The zero-order valence-corrected chi connectivity index (χ0v) is 24.0. The van der Waals surface area contributed by atoms with Crippen LogP contribution in [0.15, 0.2) is 48.5 Å². The lowest BCUT2D eigenvalue weighted by Crippen LogP contribution is -2.54. The van der Waals surface area contributed by atoms with E-state index in [9.17, 15) is 29.1 Å². The number of carboxylic acids is 1. The maximum atomic E-state index is 13.0. The van der Waals surface area contributed by atoms with Crippen LogP contribution in [0.4, 0.5) is 0 Å². The van der Waals surface area contributed by atoms with Gasteiger partial charge in [0.15, 0.2) is 0 Å². The van der Waals surface area contributed by atoms with Crippen molar-refractivity contribution in [2.24, 2.45) is 11.7 Å². The summed E-state index contributed by atoms with van der Waals surface area (Å²) in [6.45, 7) is 6.74. The Bertz CT molecular complexity index is 1200. The molecule has 4 amide bonds. The molecule has 3 atom stereocenters. The molecule has 0 aliphatic heterocycles. The lowest BCUT2D eigenvalue weighted by atomic mass is 9.96. The predicted molar refractivity (Wildman–Crippen MR) is 155 cm³/mol. The van der Waals surface area contributed by atoms with Crippen LogP contribution in [0.1, 0.15) is 42.5 Å². The summed E-state index contributed by atoms with van der Waals surface area (Å²) in [6.07, 6.45) is 0.664. The molecule has 2 aromatic carbocycles. The van der Waals surface area contributed by atoms with Crippen molar-refractivity contribution in [3.05, 3.63) is 70.8 Å². The van der Waals surface area contributed by atoms with Gasteiger partial charge in [-0.2, -0.15) is 0 Å². The highest BCUT2D eigenvalue weighted by Crippen LogP contribution is 2.15. The van der Waals surface area contributed by atoms with E-state index in [1.807, 2.05) is 52.0 Å². The Morgan fingerprint density at radius 3 is 1.95 bits per heavy atom. The largest absolute Gasteiger partial charge is 0.480 e. The van der Waals surface area contributed by atoms with Crippen molar-refractivity contribution in [1.82, 2.24) is 21.3 Å². The highest BCUT2D eigenvalue weighted by molar-refractivity contribution is 5.93. The highest BCUT2D eigenvalue weighted by Gasteiger charge is 2.27. The number of aliphatic carboxylic acids is 1. The molecular formula is C30H41N5O6. The molecule has 7 N–H and O–H groups in total. The first kappa shape index (κ1) is 33.0. The molecule has 0 heterocycles. The van der Waals surface area contributed by atoms with Crippen LogP contribution < -0.4 is 27.0 Å². The van der Waals surface area contributed by atoms with Gasteiger partial charge in [0.05, 0.1) is 19.1 Å². The molecule has 11 nitrogen and oxygen atoms in total. The Hall–Kier alpha value is -4.25. The Balaban J connectivity index is 1.91. The van der Waals surface area contributed by atoms with E-state index in [1.165, 1.54) is 0 Å². The number of carbonyl (C=O) groups is 5. The van der Waals surface area contributed by atoms with Gasteiger partial charge >= 0.3 is 5.97 Å². The molecule has 11 heteroatoms. The molecule has 0 aliphatic rings. The van der Waals surface area contributed by atoms with Crippen molar-refractivity contribution in [2.75, 3.05) is 13.1 Å². The van der Waals surface area contributed by atoms with E-state index >= 15 is 0 Å². The zero-order valence-electron chi connectivity index (χ0n) is 24.0. The molecular weight excluding hydrogens is 526 g/mol. The number of hydrogen-bond donors (Lipinski definition) is 6. The molecule has 222 valence electrons. The maximum absolute atomic E-state index is 13.0. The summed E-state index contributed by atoms with van der Waals surface area (Å²) in [5.74, 6) is -3.55. The summed E-state index contributed by atoms with van der Waals surface area (Å²) in [5, 5.41) is 19.5. The number of amides is 4. The fraction of sp³-hybridized carbons (Fsp3) is 0.433. The van der Waals surface area contributed by atoms with Crippen molar-refractivity contribution in [3.63, 3.8) is 0 Å². The molecule has 2 rings (SSSR count). The molecule has 0 aliphatic carbocycles. The fourth-order valence-corrected chi connectivity index (χ4v) is 4.29. The van der Waals surface area contributed by atoms with Crippen molar-refractivity contribution < 1.29 is 29.1 Å². The number of aryl methyl sites for hydroxylation is 2. The quantitative estimate of drug-likeness (QED) is 0.184. The fourth-order valence-electron chi connectivity index (χ4n) is 4.29. The second-order valence-corrected chi connectivity index (χ2v) is 10.5. The third kappa shape index (κ3) is 11.4. The van der Waals surface area contributed by atoms with Crippen LogP contribution >= 0.6 is 0 Å². The monoisotopic (exact) mass is 567 g/mol. The second kappa shape index (κ2) is 16.1. The smallest absolute Gasteiger partial charge is 0.326 e. The van der Waals surface area contributed by atoms with Gasteiger partial charge in [-0.1, -0.05) is 62.4 Å². The predicted octanol–water partition coefficient (Wildman–Crippen LogP) is 0.749.